The van der Waals surface area contributed by atoms with Crippen molar-refractivity contribution in [2.24, 2.45) is 0 Å². The van der Waals surface area contributed by atoms with Gasteiger partial charge in [-0.05, 0) is 30.7 Å². The van der Waals surface area contributed by atoms with Gasteiger partial charge in [0.15, 0.2) is 5.56 Å². The van der Waals surface area contributed by atoms with Crippen LogP contribution in [0.1, 0.15) is 22.8 Å². The van der Waals surface area contributed by atoms with Gasteiger partial charge in [-0.15, -0.1) is 0 Å². The maximum Gasteiger partial charge on any atom is 0.416 e. The summed E-state index contributed by atoms with van der Waals surface area (Å²) in [6, 6.07) is 7.06. The highest BCUT2D eigenvalue weighted by Gasteiger charge is 2.31. The van der Waals surface area contributed by atoms with Gasteiger partial charge in [0.1, 0.15) is 17.4 Å². The first-order chi connectivity index (χ1) is 14.0. The van der Waals surface area contributed by atoms with E-state index in [2.05, 4.69) is 0 Å². The van der Waals surface area contributed by atoms with E-state index in [-0.39, 0.29) is 22.1 Å². The number of amides is 1. The Kier molecular flexibility index (Phi) is 5.26. The van der Waals surface area contributed by atoms with Crippen LogP contribution in [0.15, 0.2) is 51.7 Å². The minimum Gasteiger partial charge on any atom is -0.506 e. The number of alkyl halides is 3. The summed E-state index contributed by atoms with van der Waals surface area (Å²) in [5.74, 6) is -3.30. The first-order valence-corrected chi connectivity index (χ1v) is 8.50. The van der Waals surface area contributed by atoms with Crippen LogP contribution in [0.2, 0.25) is 0 Å². The van der Waals surface area contributed by atoms with Crippen molar-refractivity contribution in [2.75, 3.05) is 0 Å². The van der Waals surface area contributed by atoms with Crippen LogP contribution >= 0.6 is 0 Å². The molecule has 1 atom stereocenters. The van der Waals surface area contributed by atoms with Gasteiger partial charge in [0.05, 0.1) is 10.9 Å². The highest BCUT2D eigenvalue weighted by Crippen LogP contribution is 2.36. The Morgan fingerprint density at radius 2 is 1.80 bits per heavy atom. The normalized spacial score (nSPS) is 12.5. The molecule has 1 heterocycles. The van der Waals surface area contributed by atoms with Gasteiger partial charge in [0.25, 0.3) is 5.91 Å². The predicted molar refractivity (Wildman–Crippen MR) is 99.2 cm³/mol. The van der Waals surface area contributed by atoms with Crippen molar-refractivity contribution in [3.63, 3.8) is 0 Å². The molecule has 0 aliphatic heterocycles. The van der Waals surface area contributed by atoms with Crippen LogP contribution in [0, 0.1) is 0 Å². The Morgan fingerprint density at radius 3 is 2.43 bits per heavy atom. The highest BCUT2D eigenvalue weighted by atomic mass is 19.4. The zero-order valence-electron chi connectivity index (χ0n) is 15.3. The number of hydrogen-bond acceptors (Lipinski definition) is 5. The molecule has 0 fully saturated rings. The van der Waals surface area contributed by atoms with E-state index in [4.69, 9.17) is 9.52 Å². The molecule has 2 aromatic carbocycles. The second kappa shape index (κ2) is 7.54. The molecule has 0 radical (unpaired) electrons. The van der Waals surface area contributed by atoms with E-state index in [9.17, 15) is 32.7 Å². The number of aromatic hydroxyl groups is 1. The summed E-state index contributed by atoms with van der Waals surface area (Å²) >= 11 is 0. The highest BCUT2D eigenvalue weighted by molar-refractivity contribution is 6.05. The van der Waals surface area contributed by atoms with Crippen molar-refractivity contribution < 1.29 is 37.4 Å². The standard InChI is InChI=1S/C20H14F3NO6/c1-9(18(27)28)24-17(26)14-15(25)13-7-3-6-12(16(13)30-19(14)29)10-4-2-5-11(8-10)20(21,22)23/h2-9,25H,1H3,(H,24,26)(H,27,28)/t9-/m0/s1. The molecule has 10 heteroatoms. The fourth-order valence-corrected chi connectivity index (χ4v) is 2.83. The summed E-state index contributed by atoms with van der Waals surface area (Å²) in [6.45, 7) is 1.16. The maximum absolute atomic E-state index is 13.0. The number of halogens is 3. The van der Waals surface area contributed by atoms with Crippen molar-refractivity contribution >= 4 is 22.8 Å². The molecular formula is C20H14F3NO6. The number of rotatable bonds is 4. The Bertz CT molecular complexity index is 1220. The second-order valence-corrected chi connectivity index (χ2v) is 6.41. The van der Waals surface area contributed by atoms with Gasteiger partial charge >= 0.3 is 17.8 Å². The van der Waals surface area contributed by atoms with Crippen LogP contribution in [0.5, 0.6) is 5.75 Å². The van der Waals surface area contributed by atoms with Gasteiger partial charge in [-0.25, -0.2) is 4.79 Å². The topological polar surface area (TPSA) is 117 Å². The third-order valence-corrected chi connectivity index (χ3v) is 4.35. The Labute approximate surface area is 166 Å². The predicted octanol–water partition coefficient (Wildman–Crippen LogP) is 3.39. The molecule has 0 saturated heterocycles. The van der Waals surface area contributed by atoms with Crippen LogP contribution < -0.4 is 10.9 Å². The molecule has 0 aliphatic rings. The van der Waals surface area contributed by atoms with E-state index >= 15 is 0 Å². The molecule has 3 rings (SSSR count). The lowest BCUT2D eigenvalue weighted by molar-refractivity contribution is -0.139. The number of carboxylic acid groups (broad SMARTS) is 1. The number of carbonyl (C=O) groups excluding carboxylic acids is 1. The van der Waals surface area contributed by atoms with Crippen molar-refractivity contribution in [3.8, 4) is 16.9 Å². The monoisotopic (exact) mass is 421 g/mol. The molecular weight excluding hydrogens is 407 g/mol. The lowest BCUT2D eigenvalue weighted by Crippen LogP contribution is -2.40. The Balaban J connectivity index is 2.17. The maximum atomic E-state index is 13.0. The number of fused-ring (bicyclic) bond motifs is 1. The van der Waals surface area contributed by atoms with Crippen LogP contribution in [0.4, 0.5) is 13.2 Å². The molecule has 0 aliphatic carbocycles. The van der Waals surface area contributed by atoms with Crippen LogP contribution in [0.3, 0.4) is 0 Å². The smallest absolute Gasteiger partial charge is 0.416 e. The summed E-state index contributed by atoms with van der Waals surface area (Å²) in [5, 5.41) is 21.3. The molecule has 3 N–H and O–H groups in total. The fourth-order valence-electron chi connectivity index (χ4n) is 2.83. The van der Waals surface area contributed by atoms with Gasteiger partial charge in [-0.3, -0.25) is 9.59 Å². The fraction of sp³-hybridized carbons (Fsp3) is 0.150. The summed E-state index contributed by atoms with van der Waals surface area (Å²) in [7, 11) is 0. The first-order valence-electron chi connectivity index (χ1n) is 8.50. The molecule has 0 spiro atoms. The molecule has 30 heavy (non-hydrogen) atoms. The van der Waals surface area contributed by atoms with E-state index in [1.165, 1.54) is 30.3 Å². The Morgan fingerprint density at radius 1 is 1.13 bits per heavy atom. The third-order valence-electron chi connectivity index (χ3n) is 4.35. The van der Waals surface area contributed by atoms with Crippen molar-refractivity contribution in [2.45, 2.75) is 19.1 Å². The zero-order chi connectivity index (χ0) is 22.2. The van der Waals surface area contributed by atoms with Gasteiger partial charge in [0, 0.05) is 5.56 Å². The Hall–Kier alpha value is -3.82. The lowest BCUT2D eigenvalue weighted by Gasteiger charge is -2.13. The van der Waals surface area contributed by atoms with E-state index in [1.54, 1.807) is 0 Å². The summed E-state index contributed by atoms with van der Waals surface area (Å²) in [4.78, 5) is 35.5. The van der Waals surface area contributed by atoms with Gasteiger partial charge in [-0.1, -0.05) is 24.3 Å². The van der Waals surface area contributed by atoms with Gasteiger partial charge in [0.2, 0.25) is 0 Å². The van der Waals surface area contributed by atoms with E-state index in [0.29, 0.717) is 0 Å². The number of carboxylic acids is 1. The third kappa shape index (κ3) is 3.84. The summed E-state index contributed by atoms with van der Waals surface area (Å²) < 4.78 is 44.2. The average molecular weight is 421 g/mol. The number of hydrogen-bond donors (Lipinski definition) is 3. The summed E-state index contributed by atoms with van der Waals surface area (Å²) in [5.41, 5.74) is -3.04. The minimum absolute atomic E-state index is 0.0784. The number of carbonyl (C=O) groups is 2. The quantitative estimate of drug-likeness (QED) is 0.556. The van der Waals surface area contributed by atoms with Crippen molar-refractivity contribution in [3.05, 3.63) is 64.0 Å². The van der Waals surface area contributed by atoms with E-state index in [0.717, 1.165) is 19.1 Å². The molecule has 1 amide bonds. The van der Waals surface area contributed by atoms with Gasteiger partial charge < -0.3 is 19.9 Å². The number of aliphatic carboxylic acids is 1. The number of benzene rings is 2. The molecule has 3 aromatic rings. The van der Waals surface area contributed by atoms with E-state index in [1.807, 2.05) is 5.32 Å². The van der Waals surface area contributed by atoms with Gasteiger partial charge in [-0.2, -0.15) is 13.2 Å². The number of nitrogens with one attached hydrogen (secondary N) is 1. The van der Waals surface area contributed by atoms with E-state index < -0.39 is 46.6 Å². The SMILES string of the molecule is C[C@H](NC(=O)c1c(O)c2cccc(-c3cccc(C(F)(F)F)c3)c2oc1=O)C(=O)O. The first kappa shape index (κ1) is 20.9. The second-order valence-electron chi connectivity index (χ2n) is 6.41. The van der Waals surface area contributed by atoms with Crippen LogP contribution in [-0.2, 0) is 11.0 Å². The molecule has 7 nitrogen and oxygen atoms in total. The minimum atomic E-state index is -4.59. The largest absolute Gasteiger partial charge is 0.506 e. The average Bonchev–Trinajstić information content (AvgIpc) is 2.67. The lowest BCUT2D eigenvalue weighted by atomic mass is 9.99. The van der Waals surface area contributed by atoms with Crippen LogP contribution in [0.25, 0.3) is 22.1 Å². The summed E-state index contributed by atoms with van der Waals surface area (Å²) in [6.07, 6.45) is -4.59. The molecule has 156 valence electrons. The number of para-hydroxylation sites is 1. The molecule has 0 bridgehead atoms. The molecule has 1 aromatic heterocycles. The molecule has 0 saturated carbocycles. The van der Waals surface area contributed by atoms with Crippen molar-refractivity contribution in [1.82, 2.24) is 5.32 Å². The van der Waals surface area contributed by atoms with Crippen molar-refractivity contribution in [1.29, 1.82) is 0 Å². The molecule has 0 unspecified atom stereocenters. The van der Waals surface area contributed by atoms with Crippen LogP contribution in [-0.4, -0.2) is 28.1 Å². The zero-order valence-corrected chi connectivity index (χ0v) is 15.3.